The highest BCUT2D eigenvalue weighted by Crippen LogP contribution is 2.13. The van der Waals surface area contributed by atoms with E-state index in [9.17, 15) is 0 Å². The van der Waals surface area contributed by atoms with Crippen LogP contribution < -0.4 is 4.74 Å². The van der Waals surface area contributed by atoms with Crippen molar-refractivity contribution in [1.82, 2.24) is 4.90 Å². The second kappa shape index (κ2) is 9.78. The first-order chi connectivity index (χ1) is 9.30. The highest BCUT2D eigenvalue weighted by Gasteiger charge is 2.06. The topological polar surface area (TPSA) is 30.9 Å². The predicted octanol–water partition coefficient (Wildman–Crippen LogP) is 1.99. The molecule has 4 heteroatoms. The van der Waals surface area contributed by atoms with Crippen LogP contribution >= 0.6 is 0 Å². The van der Waals surface area contributed by atoms with Crippen LogP contribution in [0.3, 0.4) is 0 Å². The van der Waals surface area contributed by atoms with E-state index in [4.69, 9.17) is 14.2 Å². The van der Waals surface area contributed by atoms with Gasteiger partial charge in [0.2, 0.25) is 0 Å². The molecule has 0 saturated carbocycles. The number of ether oxygens (including phenoxy) is 3. The minimum absolute atomic E-state index is 0.452. The molecule has 0 bridgehead atoms. The van der Waals surface area contributed by atoms with E-state index >= 15 is 0 Å². The molecule has 1 rings (SSSR count). The van der Waals surface area contributed by atoms with Gasteiger partial charge in [0.1, 0.15) is 5.75 Å². The maximum Gasteiger partial charge on any atom is 0.119 e. The summed E-state index contributed by atoms with van der Waals surface area (Å²) < 4.78 is 15.6. The average Bonchev–Trinajstić information content (AvgIpc) is 2.44. The SMILES string of the molecule is [CH2]COc1ccc(CN(CCOC)CCOC)cc1. The lowest BCUT2D eigenvalue weighted by molar-refractivity contribution is 0.110. The van der Waals surface area contributed by atoms with E-state index in [0.29, 0.717) is 6.61 Å². The van der Waals surface area contributed by atoms with Crippen molar-refractivity contribution >= 4 is 0 Å². The summed E-state index contributed by atoms with van der Waals surface area (Å²) in [4.78, 5) is 2.31. The third-order valence-electron chi connectivity index (χ3n) is 2.82. The van der Waals surface area contributed by atoms with Crippen LogP contribution in [-0.2, 0) is 16.0 Å². The summed E-state index contributed by atoms with van der Waals surface area (Å²) in [7, 11) is 3.44. The third-order valence-corrected chi connectivity index (χ3v) is 2.82. The Morgan fingerprint density at radius 2 is 1.58 bits per heavy atom. The van der Waals surface area contributed by atoms with Crippen molar-refractivity contribution in [3.63, 3.8) is 0 Å². The molecule has 0 heterocycles. The minimum Gasteiger partial charge on any atom is -0.494 e. The Balaban J connectivity index is 2.51. The van der Waals surface area contributed by atoms with Gasteiger partial charge >= 0.3 is 0 Å². The summed E-state index contributed by atoms with van der Waals surface area (Å²) >= 11 is 0. The molecule has 0 aromatic heterocycles. The highest BCUT2D eigenvalue weighted by atomic mass is 16.5. The molecular formula is C15H24NO3. The number of nitrogens with zero attached hydrogens (tertiary/aromatic N) is 1. The van der Waals surface area contributed by atoms with Gasteiger partial charge in [-0.25, -0.2) is 0 Å². The molecule has 0 aliphatic heterocycles. The molecular weight excluding hydrogens is 242 g/mol. The van der Waals surface area contributed by atoms with Crippen molar-refractivity contribution in [3.8, 4) is 5.75 Å². The van der Waals surface area contributed by atoms with Crippen molar-refractivity contribution in [2.45, 2.75) is 6.54 Å². The summed E-state index contributed by atoms with van der Waals surface area (Å²) in [5, 5.41) is 0. The zero-order valence-electron chi connectivity index (χ0n) is 11.9. The van der Waals surface area contributed by atoms with Crippen LogP contribution in [-0.4, -0.2) is 52.0 Å². The predicted molar refractivity (Wildman–Crippen MR) is 76.3 cm³/mol. The smallest absolute Gasteiger partial charge is 0.119 e. The van der Waals surface area contributed by atoms with E-state index in [0.717, 1.165) is 38.6 Å². The monoisotopic (exact) mass is 266 g/mol. The number of benzene rings is 1. The van der Waals surface area contributed by atoms with Gasteiger partial charge < -0.3 is 14.2 Å². The quantitative estimate of drug-likeness (QED) is 0.648. The summed E-state index contributed by atoms with van der Waals surface area (Å²) in [5.74, 6) is 0.860. The molecule has 1 radical (unpaired) electrons. The Hall–Kier alpha value is -1.10. The Morgan fingerprint density at radius 1 is 1.00 bits per heavy atom. The van der Waals surface area contributed by atoms with Crippen LogP contribution in [0, 0.1) is 6.92 Å². The fourth-order valence-corrected chi connectivity index (χ4v) is 1.78. The van der Waals surface area contributed by atoms with Gasteiger partial charge in [-0.2, -0.15) is 0 Å². The van der Waals surface area contributed by atoms with Crippen LogP contribution in [0.5, 0.6) is 5.75 Å². The van der Waals surface area contributed by atoms with Gasteiger partial charge in [0.25, 0.3) is 0 Å². The number of methoxy groups -OCH3 is 2. The average molecular weight is 266 g/mol. The first-order valence-corrected chi connectivity index (χ1v) is 6.51. The molecule has 0 fully saturated rings. The number of hydrogen-bond acceptors (Lipinski definition) is 4. The fourth-order valence-electron chi connectivity index (χ4n) is 1.78. The van der Waals surface area contributed by atoms with E-state index in [-0.39, 0.29) is 0 Å². The molecule has 0 amide bonds. The molecule has 1 aromatic rings. The van der Waals surface area contributed by atoms with Crippen molar-refractivity contribution < 1.29 is 14.2 Å². The first-order valence-electron chi connectivity index (χ1n) is 6.51. The molecule has 0 aliphatic carbocycles. The van der Waals surface area contributed by atoms with Crippen molar-refractivity contribution in [1.29, 1.82) is 0 Å². The minimum atomic E-state index is 0.452. The van der Waals surface area contributed by atoms with E-state index in [2.05, 4.69) is 24.0 Å². The first kappa shape index (κ1) is 16.0. The Morgan fingerprint density at radius 3 is 2.05 bits per heavy atom. The standard InChI is InChI=1S/C15H24NO3/c1-4-19-15-7-5-14(6-8-15)13-16(9-11-17-2)10-12-18-3/h5-8H,1,4,9-13H2,2-3H3. The Kier molecular flexibility index (Phi) is 8.21. The van der Waals surface area contributed by atoms with E-state index < -0.39 is 0 Å². The Labute approximate surface area is 116 Å². The van der Waals surface area contributed by atoms with Crippen molar-refractivity contribution in [2.75, 3.05) is 47.1 Å². The van der Waals surface area contributed by atoms with Gasteiger partial charge in [0.15, 0.2) is 0 Å². The van der Waals surface area contributed by atoms with Crippen molar-refractivity contribution in [3.05, 3.63) is 36.8 Å². The maximum atomic E-state index is 5.33. The summed E-state index contributed by atoms with van der Waals surface area (Å²) in [6, 6.07) is 8.12. The molecule has 0 atom stereocenters. The molecule has 0 spiro atoms. The normalized spacial score (nSPS) is 10.9. The molecule has 107 valence electrons. The van der Waals surface area contributed by atoms with Crippen LogP contribution in [0.2, 0.25) is 0 Å². The van der Waals surface area contributed by atoms with Crippen molar-refractivity contribution in [2.24, 2.45) is 0 Å². The molecule has 0 aliphatic rings. The lowest BCUT2D eigenvalue weighted by Crippen LogP contribution is -2.30. The van der Waals surface area contributed by atoms with E-state index in [1.54, 1.807) is 14.2 Å². The van der Waals surface area contributed by atoms with E-state index in [1.807, 2.05) is 12.1 Å². The summed E-state index contributed by atoms with van der Waals surface area (Å²) in [6.07, 6.45) is 0. The molecule has 0 N–H and O–H groups in total. The Bertz CT molecular complexity index is 319. The van der Waals surface area contributed by atoms with Crippen LogP contribution in [0.15, 0.2) is 24.3 Å². The lowest BCUT2D eigenvalue weighted by atomic mass is 10.2. The molecule has 19 heavy (non-hydrogen) atoms. The zero-order valence-corrected chi connectivity index (χ0v) is 11.9. The van der Waals surface area contributed by atoms with Crippen LogP contribution in [0.4, 0.5) is 0 Å². The van der Waals surface area contributed by atoms with Gasteiger partial charge in [-0.05, 0) is 24.6 Å². The maximum absolute atomic E-state index is 5.33. The molecule has 4 nitrogen and oxygen atoms in total. The van der Waals surface area contributed by atoms with Gasteiger partial charge in [-0.1, -0.05) is 12.1 Å². The van der Waals surface area contributed by atoms with Gasteiger partial charge in [0.05, 0.1) is 19.8 Å². The largest absolute Gasteiger partial charge is 0.494 e. The van der Waals surface area contributed by atoms with Gasteiger partial charge in [-0.15, -0.1) is 0 Å². The number of rotatable bonds is 10. The van der Waals surface area contributed by atoms with Gasteiger partial charge in [0, 0.05) is 33.9 Å². The van der Waals surface area contributed by atoms with Crippen LogP contribution in [0.1, 0.15) is 5.56 Å². The lowest BCUT2D eigenvalue weighted by Gasteiger charge is -2.21. The van der Waals surface area contributed by atoms with E-state index in [1.165, 1.54) is 5.56 Å². The second-order valence-electron chi connectivity index (χ2n) is 4.25. The molecule has 0 saturated heterocycles. The third kappa shape index (κ3) is 6.57. The zero-order chi connectivity index (χ0) is 13.9. The van der Waals surface area contributed by atoms with Crippen LogP contribution in [0.25, 0.3) is 0 Å². The summed E-state index contributed by atoms with van der Waals surface area (Å²) in [5.41, 5.74) is 1.25. The second-order valence-corrected chi connectivity index (χ2v) is 4.25. The molecule has 0 unspecified atom stereocenters. The fraction of sp³-hybridized carbons (Fsp3) is 0.533. The molecule has 1 aromatic carbocycles. The summed E-state index contributed by atoms with van der Waals surface area (Å²) in [6.45, 7) is 8.26. The number of hydrogen-bond donors (Lipinski definition) is 0. The van der Waals surface area contributed by atoms with Gasteiger partial charge in [-0.3, -0.25) is 4.90 Å². The highest BCUT2D eigenvalue weighted by molar-refractivity contribution is 5.27.